The highest BCUT2D eigenvalue weighted by Gasteiger charge is 2.37. The lowest BCUT2D eigenvalue weighted by molar-refractivity contribution is 0.209. The Balaban J connectivity index is 2.24. The molecule has 2 rings (SSSR count). The maximum Gasteiger partial charge on any atom is 0.144 e. The minimum atomic E-state index is -0.612. The zero-order valence-corrected chi connectivity index (χ0v) is 12.1. The Labute approximate surface area is 116 Å². The van der Waals surface area contributed by atoms with Crippen LogP contribution < -0.4 is 5.32 Å². The Hall–Kier alpha value is -1.37. The standard InChI is InChI=1S/C16H23N3/c1-13-9-14(2)19(10-13)12-16(11-17,18-3)15-7-5-4-6-8-15/h4-8,13-14,18H,9-10,12H2,1-3H3. The molecule has 0 saturated carbocycles. The van der Waals surface area contributed by atoms with E-state index in [1.807, 2.05) is 37.4 Å². The van der Waals surface area contributed by atoms with E-state index < -0.39 is 5.54 Å². The summed E-state index contributed by atoms with van der Waals surface area (Å²) in [5.41, 5.74) is 0.436. The summed E-state index contributed by atoms with van der Waals surface area (Å²) in [7, 11) is 1.88. The van der Waals surface area contributed by atoms with E-state index in [-0.39, 0.29) is 0 Å². The second-order valence-corrected chi connectivity index (χ2v) is 5.75. The van der Waals surface area contributed by atoms with E-state index in [4.69, 9.17) is 0 Å². The molecule has 1 aromatic rings. The minimum absolute atomic E-state index is 0.555. The quantitative estimate of drug-likeness (QED) is 0.900. The molecule has 3 atom stereocenters. The van der Waals surface area contributed by atoms with Crippen LogP contribution in [0.4, 0.5) is 0 Å². The molecule has 1 N–H and O–H groups in total. The molecular weight excluding hydrogens is 234 g/mol. The molecule has 102 valence electrons. The van der Waals surface area contributed by atoms with Crippen LogP contribution in [0.5, 0.6) is 0 Å². The fourth-order valence-electron chi connectivity index (χ4n) is 3.10. The Bertz CT molecular complexity index is 451. The Morgan fingerprint density at radius 3 is 2.53 bits per heavy atom. The smallest absolute Gasteiger partial charge is 0.144 e. The highest BCUT2D eigenvalue weighted by atomic mass is 15.2. The first kappa shape index (κ1) is 14.0. The van der Waals surface area contributed by atoms with E-state index in [2.05, 4.69) is 30.1 Å². The number of rotatable bonds is 4. The topological polar surface area (TPSA) is 39.1 Å². The van der Waals surface area contributed by atoms with E-state index in [0.717, 1.165) is 24.6 Å². The van der Waals surface area contributed by atoms with Gasteiger partial charge in [-0.2, -0.15) is 5.26 Å². The van der Waals surface area contributed by atoms with E-state index in [9.17, 15) is 5.26 Å². The van der Waals surface area contributed by atoms with Crippen LogP contribution in [0.2, 0.25) is 0 Å². The molecule has 0 spiro atoms. The lowest BCUT2D eigenvalue weighted by atomic mass is 9.90. The van der Waals surface area contributed by atoms with Crippen LogP contribution in [0.3, 0.4) is 0 Å². The van der Waals surface area contributed by atoms with Crippen molar-refractivity contribution in [2.75, 3.05) is 20.1 Å². The van der Waals surface area contributed by atoms with Crippen molar-refractivity contribution in [3.05, 3.63) is 35.9 Å². The van der Waals surface area contributed by atoms with Crippen molar-refractivity contribution in [2.45, 2.75) is 31.8 Å². The highest BCUT2D eigenvalue weighted by molar-refractivity contribution is 5.32. The molecule has 0 bridgehead atoms. The maximum atomic E-state index is 9.70. The van der Waals surface area contributed by atoms with Gasteiger partial charge in [0.15, 0.2) is 0 Å². The Morgan fingerprint density at radius 2 is 2.05 bits per heavy atom. The summed E-state index contributed by atoms with van der Waals surface area (Å²) in [6, 6.07) is 13.1. The average molecular weight is 257 g/mol. The van der Waals surface area contributed by atoms with E-state index in [1.54, 1.807) is 0 Å². The van der Waals surface area contributed by atoms with Gasteiger partial charge >= 0.3 is 0 Å². The molecule has 3 unspecified atom stereocenters. The van der Waals surface area contributed by atoms with Gasteiger partial charge < -0.3 is 0 Å². The molecule has 1 saturated heterocycles. The first-order chi connectivity index (χ1) is 9.11. The van der Waals surface area contributed by atoms with Crippen LogP contribution in [0.25, 0.3) is 0 Å². The third kappa shape index (κ3) is 2.80. The van der Waals surface area contributed by atoms with Crippen LogP contribution in [-0.2, 0) is 5.54 Å². The zero-order valence-electron chi connectivity index (χ0n) is 12.1. The van der Waals surface area contributed by atoms with Crippen molar-refractivity contribution in [2.24, 2.45) is 5.92 Å². The van der Waals surface area contributed by atoms with Gasteiger partial charge in [0, 0.05) is 19.1 Å². The second-order valence-electron chi connectivity index (χ2n) is 5.75. The summed E-state index contributed by atoms with van der Waals surface area (Å²) in [6.07, 6.45) is 1.22. The average Bonchev–Trinajstić information content (AvgIpc) is 2.75. The number of hydrogen-bond donors (Lipinski definition) is 1. The fourth-order valence-corrected chi connectivity index (χ4v) is 3.10. The number of nitrogens with zero attached hydrogens (tertiary/aromatic N) is 2. The molecule has 1 aliphatic rings. The van der Waals surface area contributed by atoms with E-state index >= 15 is 0 Å². The molecule has 1 fully saturated rings. The summed E-state index contributed by atoms with van der Waals surface area (Å²) < 4.78 is 0. The predicted octanol–water partition coefficient (Wildman–Crippen LogP) is 2.36. The lowest BCUT2D eigenvalue weighted by Crippen LogP contribution is -2.49. The molecule has 0 radical (unpaired) electrons. The van der Waals surface area contributed by atoms with Crippen molar-refractivity contribution < 1.29 is 0 Å². The van der Waals surface area contributed by atoms with Crippen LogP contribution in [0.15, 0.2) is 30.3 Å². The summed E-state index contributed by atoms with van der Waals surface area (Å²) in [4.78, 5) is 2.43. The summed E-state index contributed by atoms with van der Waals surface area (Å²) >= 11 is 0. The first-order valence-electron chi connectivity index (χ1n) is 7.01. The lowest BCUT2D eigenvalue weighted by Gasteiger charge is -2.33. The van der Waals surface area contributed by atoms with Crippen molar-refractivity contribution >= 4 is 0 Å². The molecule has 1 aliphatic heterocycles. The first-order valence-corrected chi connectivity index (χ1v) is 7.01. The number of nitrogens with one attached hydrogen (secondary N) is 1. The highest BCUT2D eigenvalue weighted by Crippen LogP contribution is 2.28. The van der Waals surface area contributed by atoms with Crippen LogP contribution in [-0.4, -0.2) is 31.1 Å². The molecule has 0 amide bonds. The van der Waals surface area contributed by atoms with Gasteiger partial charge in [-0.25, -0.2) is 0 Å². The molecule has 1 heterocycles. The van der Waals surface area contributed by atoms with Crippen molar-refractivity contribution in [3.63, 3.8) is 0 Å². The van der Waals surface area contributed by atoms with Crippen LogP contribution in [0.1, 0.15) is 25.8 Å². The molecule has 0 aromatic heterocycles. The van der Waals surface area contributed by atoms with Gasteiger partial charge in [0.25, 0.3) is 0 Å². The van der Waals surface area contributed by atoms with Gasteiger partial charge in [0.05, 0.1) is 6.07 Å². The van der Waals surface area contributed by atoms with Gasteiger partial charge in [-0.05, 0) is 31.9 Å². The number of likely N-dealkylation sites (N-methyl/N-ethyl adjacent to an activating group) is 1. The van der Waals surface area contributed by atoms with E-state index in [0.29, 0.717) is 6.04 Å². The number of hydrogen-bond acceptors (Lipinski definition) is 3. The SMILES string of the molecule is CNC(C#N)(CN1CC(C)CC1C)c1ccccc1. The van der Waals surface area contributed by atoms with Gasteiger partial charge in [0.1, 0.15) is 5.54 Å². The summed E-state index contributed by atoms with van der Waals surface area (Å²) in [6.45, 7) is 6.37. The molecular formula is C16H23N3. The van der Waals surface area contributed by atoms with Crippen molar-refractivity contribution in [3.8, 4) is 6.07 Å². The monoisotopic (exact) mass is 257 g/mol. The summed E-state index contributed by atoms with van der Waals surface area (Å²) in [5.74, 6) is 0.721. The van der Waals surface area contributed by atoms with E-state index in [1.165, 1.54) is 6.42 Å². The molecule has 3 heteroatoms. The van der Waals surface area contributed by atoms with Gasteiger partial charge in [-0.15, -0.1) is 0 Å². The number of likely N-dealkylation sites (tertiary alicyclic amines) is 1. The van der Waals surface area contributed by atoms with Crippen molar-refractivity contribution in [1.82, 2.24) is 10.2 Å². The third-order valence-corrected chi connectivity index (χ3v) is 4.24. The van der Waals surface area contributed by atoms with Crippen molar-refractivity contribution in [1.29, 1.82) is 5.26 Å². The molecule has 1 aromatic carbocycles. The molecule has 0 aliphatic carbocycles. The maximum absolute atomic E-state index is 9.70. The third-order valence-electron chi connectivity index (χ3n) is 4.24. The molecule has 19 heavy (non-hydrogen) atoms. The van der Waals surface area contributed by atoms with Crippen LogP contribution >= 0.6 is 0 Å². The summed E-state index contributed by atoms with van der Waals surface area (Å²) in [5, 5.41) is 12.9. The van der Waals surface area contributed by atoms with Gasteiger partial charge in [0.2, 0.25) is 0 Å². The molecule has 3 nitrogen and oxygen atoms in total. The normalized spacial score (nSPS) is 26.8. The predicted molar refractivity (Wildman–Crippen MR) is 77.6 cm³/mol. The Kier molecular flexibility index (Phi) is 4.24. The number of nitriles is 1. The Morgan fingerprint density at radius 1 is 1.37 bits per heavy atom. The zero-order chi connectivity index (χ0) is 13.9. The number of benzene rings is 1. The largest absolute Gasteiger partial charge is 0.298 e. The van der Waals surface area contributed by atoms with Crippen LogP contribution in [0, 0.1) is 17.2 Å². The minimum Gasteiger partial charge on any atom is -0.298 e. The van der Waals surface area contributed by atoms with Gasteiger partial charge in [-0.1, -0.05) is 37.3 Å². The van der Waals surface area contributed by atoms with Gasteiger partial charge in [-0.3, -0.25) is 10.2 Å². The fraction of sp³-hybridized carbons (Fsp3) is 0.562. The second kappa shape index (κ2) is 5.73.